The highest BCUT2D eigenvalue weighted by Crippen LogP contribution is 2.42. The van der Waals surface area contributed by atoms with E-state index in [1.54, 1.807) is 0 Å². The molecular weight excluding hydrogens is 288 g/mol. The fourth-order valence-corrected chi connectivity index (χ4v) is 3.37. The van der Waals surface area contributed by atoms with E-state index in [0.29, 0.717) is 12.8 Å². The minimum absolute atomic E-state index is 0.315. The molecule has 2 fully saturated rings. The minimum Gasteiger partial charge on any atom is -0.368 e. The van der Waals surface area contributed by atoms with Crippen LogP contribution in [0.4, 0.5) is 0 Å². The van der Waals surface area contributed by atoms with Crippen molar-refractivity contribution in [3.63, 3.8) is 0 Å². The van der Waals surface area contributed by atoms with Crippen molar-refractivity contribution in [3.05, 3.63) is 35.4 Å². The van der Waals surface area contributed by atoms with E-state index in [1.807, 2.05) is 38.1 Å². The summed E-state index contributed by atoms with van der Waals surface area (Å²) in [5.41, 5.74) is 0.336. The van der Waals surface area contributed by atoms with Gasteiger partial charge in [0.15, 0.2) is 25.2 Å². The van der Waals surface area contributed by atoms with Crippen molar-refractivity contribution >= 4 is 0 Å². The molecule has 0 radical (unpaired) electrons. The molecule has 6 unspecified atom stereocenters. The summed E-state index contributed by atoms with van der Waals surface area (Å²) in [5, 5.41) is 39.1. The molecular formula is C16H22O6. The fraction of sp³-hybridized carbons (Fsp3) is 0.625. The second-order valence-electron chi connectivity index (χ2n) is 6.71. The number of aliphatic hydroxyl groups is 4. The van der Waals surface area contributed by atoms with Gasteiger partial charge in [-0.25, -0.2) is 0 Å². The molecule has 6 heteroatoms. The summed E-state index contributed by atoms with van der Waals surface area (Å²) >= 11 is 0. The average molecular weight is 310 g/mol. The maximum atomic E-state index is 10.0. The van der Waals surface area contributed by atoms with Gasteiger partial charge >= 0.3 is 0 Å². The van der Waals surface area contributed by atoms with Gasteiger partial charge in [-0.3, -0.25) is 0 Å². The number of aliphatic hydroxyl groups excluding tert-OH is 4. The Balaban J connectivity index is 1.88. The predicted molar refractivity (Wildman–Crippen MR) is 76.6 cm³/mol. The number of benzene rings is 1. The van der Waals surface area contributed by atoms with E-state index < -0.39 is 36.0 Å². The Bertz CT molecular complexity index is 497. The quantitative estimate of drug-likeness (QED) is 0.628. The highest BCUT2D eigenvalue weighted by atomic mass is 16.7. The molecule has 3 rings (SSSR count). The van der Waals surface area contributed by atoms with Crippen molar-refractivity contribution in [2.45, 2.75) is 62.7 Å². The minimum atomic E-state index is -1.06. The number of hydrogen-bond donors (Lipinski definition) is 4. The Hall–Kier alpha value is -1.02. The molecule has 22 heavy (non-hydrogen) atoms. The lowest BCUT2D eigenvalue weighted by Crippen LogP contribution is -2.33. The van der Waals surface area contributed by atoms with E-state index >= 15 is 0 Å². The van der Waals surface area contributed by atoms with Crippen molar-refractivity contribution in [3.8, 4) is 0 Å². The van der Waals surface area contributed by atoms with Crippen LogP contribution >= 0.6 is 0 Å². The lowest BCUT2D eigenvalue weighted by atomic mass is 9.76. The Labute approximate surface area is 128 Å². The van der Waals surface area contributed by atoms with Gasteiger partial charge in [-0.15, -0.1) is 0 Å². The molecule has 0 saturated carbocycles. The third-order valence-electron chi connectivity index (χ3n) is 5.06. The predicted octanol–water partition coefficient (Wildman–Crippen LogP) is 0.316. The number of ether oxygens (including phenoxy) is 2. The number of hydrogen-bond acceptors (Lipinski definition) is 6. The zero-order valence-corrected chi connectivity index (χ0v) is 12.6. The van der Waals surface area contributed by atoms with Gasteiger partial charge in [0.1, 0.15) is 0 Å². The zero-order valence-electron chi connectivity index (χ0n) is 12.6. The van der Waals surface area contributed by atoms with Gasteiger partial charge in [0.2, 0.25) is 0 Å². The van der Waals surface area contributed by atoms with Crippen molar-refractivity contribution in [2.24, 2.45) is 0 Å². The van der Waals surface area contributed by atoms with E-state index in [9.17, 15) is 20.4 Å². The standard InChI is InChI=1S/C16H22O6/c1-15(7-11(17)21-13(15)19)9-3-5-10(6-4-9)16(2)8-12(18)22-14(16)20/h3-6,11-14,17-20H,7-8H2,1-2H3. The molecule has 2 saturated heterocycles. The van der Waals surface area contributed by atoms with Gasteiger partial charge in [0.05, 0.1) is 0 Å². The third kappa shape index (κ3) is 2.36. The molecule has 6 nitrogen and oxygen atoms in total. The summed E-state index contributed by atoms with van der Waals surface area (Å²) < 4.78 is 10.1. The van der Waals surface area contributed by atoms with Crippen LogP contribution in [0.3, 0.4) is 0 Å². The van der Waals surface area contributed by atoms with Crippen molar-refractivity contribution in [1.29, 1.82) is 0 Å². The average Bonchev–Trinajstić information content (AvgIpc) is 2.87. The molecule has 4 N–H and O–H groups in total. The van der Waals surface area contributed by atoms with Crippen LogP contribution in [0.2, 0.25) is 0 Å². The summed E-state index contributed by atoms with van der Waals surface area (Å²) in [5.74, 6) is 0. The zero-order chi connectivity index (χ0) is 16.1. The Kier molecular flexibility index (Phi) is 3.79. The molecule has 1 aromatic rings. The normalized spacial score (nSPS) is 45.4. The molecule has 2 aliphatic rings. The fourth-order valence-electron chi connectivity index (χ4n) is 3.37. The maximum absolute atomic E-state index is 10.0. The van der Waals surface area contributed by atoms with Gasteiger partial charge in [0, 0.05) is 23.7 Å². The van der Waals surface area contributed by atoms with Crippen LogP contribution in [0.25, 0.3) is 0 Å². The van der Waals surface area contributed by atoms with E-state index in [2.05, 4.69) is 0 Å². The molecule has 2 aliphatic heterocycles. The SMILES string of the molecule is CC1(c2ccc(C3(C)CC(O)OC3O)cc2)CC(O)OC1O. The largest absolute Gasteiger partial charge is 0.368 e. The summed E-state index contributed by atoms with van der Waals surface area (Å²) in [6, 6.07) is 7.40. The Morgan fingerprint density at radius 1 is 0.773 bits per heavy atom. The van der Waals surface area contributed by atoms with Crippen LogP contribution in [-0.2, 0) is 20.3 Å². The first kappa shape index (κ1) is 15.9. The van der Waals surface area contributed by atoms with Crippen LogP contribution < -0.4 is 0 Å². The van der Waals surface area contributed by atoms with Crippen LogP contribution in [0.15, 0.2) is 24.3 Å². The first-order chi connectivity index (χ1) is 10.3. The topological polar surface area (TPSA) is 99.4 Å². The van der Waals surface area contributed by atoms with E-state index in [0.717, 1.165) is 11.1 Å². The van der Waals surface area contributed by atoms with Crippen molar-refractivity contribution in [2.75, 3.05) is 0 Å². The van der Waals surface area contributed by atoms with Crippen LogP contribution in [0.5, 0.6) is 0 Å². The molecule has 0 amide bonds. The molecule has 122 valence electrons. The molecule has 0 aromatic heterocycles. The lowest BCUT2D eigenvalue weighted by Gasteiger charge is -2.29. The van der Waals surface area contributed by atoms with Crippen molar-refractivity contribution in [1.82, 2.24) is 0 Å². The summed E-state index contributed by atoms with van der Waals surface area (Å²) in [4.78, 5) is 0. The van der Waals surface area contributed by atoms with Gasteiger partial charge in [0.25, 0.3) is 0 Å². The van der Waals surface area contributed by atoms with Crippen LogP contribution in [0.1, 0.15) is 37.8 Å². The first-order valence-corrected chi connectivity index (χ1v) is 7.40. The second-order valence-corrected chi connectivity index (χ2v) is 6.71. The monoisotopic (exact) mass is 310 g/mol. The van der Waals surface area contributed by atoms with Crippen molar-refractivity contribution < 1.29 is 29.9 Å². The van der Waals surface area contributed by atoms with E-state index in [4.69, 9.17) is 9.47 Å². The third-order valence-corrected chi connectivity index (χ3v) is 5.06. The number of rotatable bonds is 2. The Morgan fingerprint density at radius 2 is 1.09 bits per heavy atom. The molecule has 0 spiro atoms. The molecule has 6 atom stereocenters. The second kappa shape index (κ2) is 5.26. The molecule has 0 bridgehead atoms. The van der Waals surface area contributed by atoms with Gasteiger partial charge < -0.3 is 29.9 Å². The summed E-state index contributed by atoms with van der Waals surface area (Å²) in [7, 11) is 0. The molecule has 0 aliphatic carbocycles. The molecule has 2 heterocycles. The lowest BCUT2D eigenvalue weighted by molar-refractivity contribution is -0.171. The highest BCUT2D eigenvalue weighted by molar-refractivity contribution is 5.34. The first-order valence-electron chi connectivity index (χ1n) is 7.40. The van der Waals surface area contributed by atoms with Gasteiger partial charge in [-0.05, 0) is 11.1 Å². The van der Waals surface area contributed by atoms with E-state index in [-0.39, 0.29) is 0 Å². The van der Waals surface area contributed by atoms with Gasteiger partial charge in [-0.1, -0.05) is 38.1 Å². The Morgan fingerprint density at radius 3 is 1.32 bits per heavy atom. The highest BCUT2D eigenvalue weighted by Gasteiger charge is 2.47. The van der Waals surface area contributed by atoms with E-state index in [1.165, 1.54) is 0 Å². The summed E-state index contributed by atoms with van der Waals surface area (Å²) in [6.45, 7) is 3.67. The van der Waals surface area contributed by atoms with Gasteiger partial charge in [-0.2, -0.15) is 0 Å². The summed E-state index contributed by atoms with van der Waals surface area (Å²) in [6.07, 6.45) is -3.45. The smallest absolute Gasteiger partial charge is 0.167 e. The van der Waals surface area contributed by atoms with Crippen LogP contribution in [0, 0.1) is 0 Å². The molecule has 1 aromatic carbocycles. The maximum Gasteiger partial charge on any atom is 0.167 e. The van der Waals surface area contributed by atoms with Crippen LogP contribution in [-0.4, -0.2) is 45.6 Å².